The number of halogens is 2. The summed E-state index contributed by atoms with van der Waals surface area (Å²) >= 11 is 0. The van der Waals surface area contributed by atoms with E-state index in [9.17, 15) is 13.6 Å². The van der Waals surface area contributed by atoms with Crippen molar-refractivity contribution < 1.29 is 18.3 Å². The zero-order valence-corrected chi connectivity index (χ0v) is 14.6. The van der Waals surface area contributed by atoms with Crippen molar-refractivity contribution in [2.45, 2.75) is 6.92 Å². The van der Waals surface area contributed by atoms with E-state index >= 15 is 0 Å². The van der Waals surface area contributed by atoms with Crippen molar-refractivity contribution in [2.24, 2.45) is 0 Å². The number of anilines is 3. The number of hydrogen-bond acceptors (Lipinski definition) is 5. The van der Waals surface area contributed by atoms with Gasteiger partial charge in [0, 0.05) is 17.8 Å². The largest absolute Gasteiger partial charge is 0.497 e. The van der Waals surface area contributed by atoms with E-state index in [1.165, 1.54) is 19.2 Å². The molecule has 0 saturated heterocycles. The minimum absolute atomic E-state index is 0.0459. The van der Waals surface area contributed by atoms with Crippen molar-refractivity contribution >= 4 is 23.1 Å². The number of para-hydroxylation sites is 1. The fourth-order valence-electron chi connectivity index (χ4n) is 2.39. The second-order valence-electron chi connectivity index (χ2n) is 5.59. The van der Waals surface area contributed by atoms with Crippen molar-refractivity contribution in [3.8, 4) is 5.75 Å². The molecule has 0 saturated carbocycles. The van der Waals surface area contributed by atoms with Gasteiger partial charge in [0.2, 0.25) is 0 Å². The summed E-state index contributed by atoms with van der Waals surface area (Å²) in [7, 11) is 1.52. The Balaban J connectivity index is 1.85. The van der Waals surface area contributed by atoms with Gasteiger partial charge >= 0.3 is 0 Å². The van der Waals surface area contributed by atoms with Crippen LogP contribution in [0.2, 0.25) is 0 Å². The van der Waals surface area contributed by atoms with Gasteiger partial charge in [0.1, 0.15) is 40.4 Å². The highest BCUT2D eigenvalue weighted by molar-refractivity contribution is 6.03. The minimum atomic E-state index is -0.770. The van der Waals surface area contributed by atoms with Gasteiger partial charge in [-0.3, -0.25) is 4.79 Å². The first kappa shape index (κ1) is 18.2. The fourth-order valence-corrected chi connectivity index (χ4v) is 2.39. The van der Waals surface area contributed by atoms with Crippen LogP contribution < -0.4 is 15.4 Å². The van der Waals surface area contributed by atoms with E-state index in [2.05, 4.69) is 20.6 Å². The molecular formula is C19H16F2N4O2. The van der Waals surface area contributed by atoms with Crippen LogP contribution in [0.5, 0.6) is 5.75 Å². The fraction of sp³-hybridized carbons (Fsp3) is 0.105. The number of aromatic nitrogens is 2. The molecule has 0 radical (unpaired) electrons. The number of aryl methyl sites for hydroxylation is 1. The molecule has 0 aliphatic heterocycles. The Morgan fingerprint density at radius 1 is 1.04 bits per heavy atom. The van der Waals surface area contributed by atoms with Crippen molar-refractivity contribution in [2.75, 3.05) is 17.7 Å². The van der Waals surface area contributed by atoms with E-state index in [1.807, 2.05) is 0 Å². The van der Waals surface area contributed by atoms with E-state index in [1.54, 1.807) is 31.2 Å². The number of amides is 1. The first-order valence-corrected chi connectivity index (χ1v) is 7.98. The summed E-state index contributed by atoms with van der Waals surface area (Å²) in [5.74, 6) is -1.08. The summed E-state index contributed by atoms with van der Waals surface area (Å²) in [6, 6.07) is 11.6. The van der Waals surface area contributed by atoms with E-state index in [0.717, 1.165) is 12.1 Å². The van der Waals surface area contributed by atoms with E-state index < -0.39 is 17.5 Å². The van der Waals surface area contributed by atoms with Gasteiger partial charge in [-0.05, 0) is 31.2 Å². The average molecular weight is 370 g/mol. The summed E-state index contributed by atoms with van der Waals surface area (Å²) in [5, 5.41) is 5.25. The number of methoxy groups -OCH3 is 1. The molecule has 1 heterocycles. The van der Waals surface area contributed by atoms with Gasteiger partial charge in [-0.25, -0.2) is 18.7 Å². The topological polar surface area (TPSA) is 76.1 Å². The molecule has 0 spiro atoms. The Kier molecular flexibility index (Phi) is 5.25. The van der Waals surface area contributed by atoms with Crippen LogP contribution in [0.15, 0.2) is 48.5 Å². The molecule has 27 heavy (non-hydrogen) atoms. The first-order chi connectivity index (χ1) is 13.0. The van der Waals surface area contributed by atoms with Crippen LogP contribution >= 0.6 is 0 Å². The molecule has 1 amide bonds. The number of nitrogens with zero attached hydrogens (tertiary/aromatic N) is 2. The quantitative estimate of drug-likeness (QED) is 0.708. The first-order valence-electron chi connectivity index (χ1n) is 7.98. The van der Waals surface area contributed by atoms with Crippen molar-refractivity contribution in [1.82, 2.24) is 9.97 Å². The molecule has 0 aliphatic carbocycles. The molecule has 3 aromatic rings. The molecule has 3 rings (SSSR count). The SMILES string of the molecule is COc1cccc(NC(=O)c2cc(Nc3c(F)cccc3F)nc(C)n2)c1. The third-order valence-corrected chi connectivity index (χ3v) is 3.61. The average Bonchev–Trinajstić information content (AvgIpc) is 2.64. The highest BCUT2D eigenvalue weighted by Crippen LogP contribution is 2.23. The number of rotatable bonds is 5. The molecule has 0 atom stereocenters. The van der Waals surface area contributed by atoms with Gasteiger partial charge in [-0.2, -0.15) is 0 Å². The summed E-state index contributed by atoms with van der Waals surface area (Å²) in [5.41, 5.74) is 0.213. The molecule has 0 aliphatic rings. The monoisotopic (exact) mass is 370 g/mol. The van der Waals surface area contributed by atoms with Crippen LogP contribution in [0, 0.1) is 18.6 Å². The maximum atomic E-state index is 13.8. The normalized spacial score (nSPS) is 10.4. The molecule has 1 aromatic heterocycles. The van der Waals surface area contributed by atoms with Crippen molar-refractivity contribution in [3.63, 3.8) is 0 Å². The predicted octanol–water partition coefficient (Wildman–Crippen LogP) is 4.07. The molecule has 2 N–H and O–H groups in total. The minimum Gasteiger partial charge on any atom is -0.497 e. The van der Waals surface area contributed by atoms with Crippen LogP contribution in [0.25, 0.3) is 0 Å². The Morgan fingerprint density at radius 3 is 2.44 bits per heavy atom. The second-order valence-corrected chi connectivity index (χ2v) is 5.59. The van der Waals surface area contributed by atoms with Gasteiger partial charge in [0.05, 0.1) is 7.11 Å². The highest BCUT2D eigenvalue weighted by Gasteiger charge is 2.14. The molecule has 0 unspecified atom stereocenters. The van der Waals surface area contributed by atoms with Crippen LogP contribution in [-0.2, 0) is 0 Å². The molecule has 0 fully saturated rings. The van der Waals surface area contributed by atoms with Crippen molar-refractivity contribution in [3.05, 3.63) is 71.7 Å². The lowest BCUT2D eigenvalue weighted by atomic mass is 10.2. The van der Waals surface area contributed by atoms with E-state index in [4.69, 9.17) is 4.74 Å². The number of carbonyl (C=O) groups excluding carboxylic acids is 1. The summed E-state index contributed by atoms with van der Waals surface area (Å²) in [6.07, 6.45) is 0. The lowest BCUT2D eigenvalue weighted by molar-refractivity contribution is 0.102. The zero-order chi connectivity index (χ0) is 19.4. The van der Waals surface area contributed by atoms with Crippen molar-refractivity contribution in [1.29, 1.82) is 0 Å². The van der Waals surface area contributed by atoms with Crippen LogP contribution in [-0.4, -0.2) is 23.0 Å². The molecule has 2 aromatic carbocycles. The Labute approximate surface area is 154 Å². The van der Waals surface area contributed by atoms with E-state index in [-0.39, 0.29) is 23.0 Å². The lowest BCUT2D eigenvalue weighted by Crippen LogP contribution is -2.15. The van der Waals surface area contributed by atoms with E-state index in [0.29, 0.717) is 11.4 Å². The number of hydrogen-bond donors (Lipinski definition) is 2. The zero-order valence-electron chi connectivity index (χ0n) is 14.6. The summed E-state index contributed by atoms with van der Waals surface area (Å²) < 4.78 is 32.7. The van der Waals surface area contributed by atoms with Gasteiger partial charge in [-0.15, -0.1) is 0 Å². The maximum Gasteiger partial charge on any atom is 0.274 e. The second kappa shape index (κ2) is 7.77. The highest BCUT2D eigenvalue weighted by atomic mass is 19.1. The van der Waals surface area contributed by atoms with Crippen LogP contribution in [0.4, 0.5) is 26.0 Å². The van der Waals surface area contributed by atoms with Crippen LogP contribution in [0.3, 0.4) is 0 Å². The molecule has 6 nitrogen and oxygen atoms in total. The molecule has 8 heteroatoms. The van der Waals surface area contributed by atoms with Gasteiger partial charge < -0.3 is 15.4 Å². The van der Waals surface area contributed by atoms with Gasteiger partial charge in [0.25, 0.3) is 5.91 Å². The lowest BCUT2D eigenvalue weighted by Gasteiger charge is -2.11. The third-order valence-electron chi connectivity index (χ3n) is 3.61. The predicted molar refractivity (Wildman–Crippen MR) is 97.4 cm³/mol. The van der Waals surface area contributed by atoms with Gasteiger partial charge in [0.15, 0.2) is 0 Å². The smallest absolute Gasteiger partial charge is 0.274 e. The van der Waals surface area contributed by atoms with Crippen LogP contribution in [0.1, 0.15) is 16.3 Å². The Bertz CT molecular complexity index is 975. The third kappa shape index (κ3) is 4.35. The Morgan fingerprint density at radius 2 is 1.74 bits per heavy atom. The summed E-state index contributed by atoms with van der Waals surface area (Å²) in [6.45, 7) is 1.57. The molecule has 138 valence electrons. The maximum absolute atomic E-state index is 13.8. The number of nitrogens with one attached hydrogen (secondary N) is 2. The molecular weight excluding hydrogens is 354 g/mol. The van der Waals surface area contributed by atoms with Gasteiger partial charge in [-0.1, -0.05) is 12.1 Å². The summed E-state index contributed by atoms with van der Waals surface area (Å²) in [4.78, 5) is 20.6. The molecule has 0 bridgehead atoms. The number of benzene rings is 2. The number of carbonyl (C=O) groups is 1. The number of ether oxygens (including phenoxy) is 1. The Hall–Kier alpha value is -3.55. The standard InChI is InChI=1S/C19H16F2N4O2/c1-11-22-16(19(26)24-12-5-3-6-13(9-12)27-2)10-17(23-11)25-18-14(20)7-4-8-15(18)21/h3-10H,1-2H3,(H,24,26)(H,22,23,25).